The molecule has 0 aliphatic heterocycles. The number of nitrogens with one attached hydrogen (secondary N) is 1. The van der Waals surface area contributed by atoms with Crippen LogP contribution in [0.3, 0.4) is 0 Å². The van der Waals surface area contributed by atoms with Gasteiger partial charge in [-0.3, -0.25) is 0 Å². The molecule has 0 atom stereocenters. The van der Waals surface area contributed by atoms with E-state index in [2.05, 4.69) is 4.98 Å². The number of hydrogen-bond donors (Lipinski definition) is 2. The lowest BCUT2D eigenvalue weighted by molar-refractivity contribution is 0.0697. The Balaban J connectivity index is 1.94. The predicted octanol–water partition coefficient (Wildman–Crippen LogP) is 5.32. The van der Waals surface area contributed by atoms with E-state index in [4.69, 9.17) is 0 Å². The summed E-state index contributed by atoms with van der Waals surface area (Å²) in [7, 11) is 0. The second-order valence-electron chi connectivity index (χ2n) is 6.35. The van der Waals surface area contributed by atoms with E-state index in [9.17, 15) is 18.7 Å². The third-order valence-electron chi connectivity index (χ3n) is 4.68. The Labute approximate surface area is 153 Å². The van der Waals surface area contributed by atoms with Crippen molar-refractivity contribution in [3.8, 4) is 0 Å². The van der Waals surface area contributed by atoms with Crippen molar-refractivity contribution in [3.05, 3.63) is 107 Å². The van der Waals surface area contributed by atoms with Crippen LogP contribution in [0.15, 0.2) is 72.9 Å². The van der Waals surface area contributed by atoms with Crippen LogP contribution in [0.4, 0.5) is 8.78 Å². The summed E-state index contributed by atoms with van der Waals surface area (Å²) in [5.41, 5.74) is 3.46. The van der Waals surface area contributed by atoms with Crippen molar-refractivity contribution in [3.63, 3.8) is 0 Å². The standard InChI is InChI=1S/C22H15F2NO2/c23-16-6-1-13(2-7-16)21(14-3-8-17(24)9-4-14)19-12-25-20-10-5-15(22(26)27)11-18(19)20/h1-12,21,25H,(H,26,27). The zero-order valence-corrected chi connectivity index (χ0v) is 14.1. The minimum Gasteiger partial charge on any atom is -0.478 e. The Bertz CT molecular complexity index is 1070. The second-order valence-corrected chi connectivity index (χ2v) is 6.35. The van der Waals surface area contributed by atoms with Gasteiger partial charge >= 0.3 is 5.97 Å². The number of carbonyl (C=O) groups is 1. The van der Waals surface area contributed by atoms with Crippen LogP contribution in [0.2, 0.25) is 0 Å². The first kappa shape index (κ1) is 17.0. The van der Waals surface area contributed by atoms with Crippen LogP contribution in [0.1, 0.15) is 33.0 Å². The summed E-state index contributed by atoms with van der Waals surface area (Å²) in [6, 6.07) is 17.1. The Kier molecular flexibility index (Phi) is 4.20. The van der Waals surface area contributed by atoms with E-state index in [1.54, 1.807) is 36.4 Å². The molecule has 5 heteroatoms. The number of carboxylic acid groups (broad SMARTS) is 1. The number of aromatic nitrogens is 1. The van der Waals surface area contributed by atoms with Gasteiger partial charge in [-0.1, -0.05) is 24.3 Å². The van der Waals surface area contributed by atoms with E-state index >= 15 is 0 Å². The summed E-state index contributed by atoms with van der Waals surface area (Å²) in [6.07, 6.45) is 1.81. The maximum Gasteiger partial charge on any atom is 0.335 e. The molecule has 1 heterocycles. The highest BCUT2D eigenvalue weighted by molar-refractivity contribution is 5.95. The summed E-state index contributed by atoms with van der Waals surface area (Å²) < 4.78 is 26.8. The van der Waals surface area contributed by atoms with E-state index in [1.807, 2.05) is 6.20 Å². The molecule has 4 aromatic rings. The second kappa shape index (κ2) is 6.68. The van der Waals surface area contributed by atoms with Gasteiger partial charge < -0.3 is 10.1 Å². The van der Waals surface area contributed by atoms with Crippen molar-refractivity contribution in [1.29, 1.82) is 0 Å². The fraction of sp³-hybridized carbons (Fsp3) is 0.0455. The largest absolute Gasteiger partial charge is 0.478 e. The lowest BCUT2D eigenvalue weighted by atomic mass is 9.85. The average Bonchev–Trinajstić information content (AvgIpc) is 3.08. The molecule has 27 heavy (non-hydrogen) atoms. The Morgan fingerprint density at radius 3 is 1.93 bits per heavy atom. The molecule has 0 aliphatic carbocycles. The quantitative estimate of drug-likeness (QED) is 0.515. The summed E-state index contributed by atoms with van der Waals surface area (Å²) in [5, 5.41) is 10.1. The molecule has 1 aromatic heterocycles. The van der Waals surface area contributed by atoms with Crippen LogP contribution in [0.25, 0.3) is 10.9 Å². The predicted molar refractivity (Wildman–Crippen MR) is 99.0 cm³/mol. The monoisotopic (exact) mass is 363 g/mol. The molecule has 134 valence electrons. The van der Waals surface area contributed by atoms with Gasteiger partial charge in [-0.05, 0) is 59.2 Å². The molecule has 0 saturated heterocycles. The molecule has 4 rings (SSSR count). The molecule has 0 aliphatic rings. The van der Waals surface area contributed by atoms with E-state index in [0.717, 1.165) is 27.6 Å². The highest BCUT2D eigenvalue weighted by Gasteiger charge is 2.21. The molecular formula is C22H15F2NO2. The normalized spacial score (nSPS) is 11.2. The van der Waals surface area contributed by atoms with Gasteiger partial charge in [0.25, 0.3) is 0 Å². The number of fused-ring (bicyclic) bond motifs is 1. The Morgan fingerprint density at radius 1 is 0.852 bits per heavy atom. The lowest BCUT2D eigenvalue weighted by Gasteiger charge is -2.18. The van der Waals surface area contributed by atoms with Crippen LogP contribution < -0.4 is 0 Å². The van der Waals surface area contributed by atoms with Gasteiger partial charge in [0.1, 0.15) is 11.6 Å². The van der Waals surface area contributed by atoms with Gasteiger partial charge in [0, 0.05) is 23.0 Å². The van der Waals surface area contributed by atoms with E-state index in [-0.39, 0.29) is 23.1 Å². The molecule has 0 amide bonds. The minimum absolute atomic E-state index is 0.181. The van der Waals surface area contributed by atoms with Crippen LogP contribution >= 0.6 is 0 Å². The topological polar surface area (TPSA) is 53.1 Å². The van der Waals surface area contributed by atoms with E-state index in [1.165, 1.54) is 30.3 Å². The number of benzene rings is 3. The SMILES string of the molecule is O=C(O)c1ccc2[nH]cc(C(c3ccc(F)cc3)c3ccc(F)cc3)c2c1. The smallest absolute Gasteiger partial charge is 0.335 e. The number of hydrogen-bond acceptors (Lipinski definition) is 1. The van der Waals surface area contributed by atoms with Crippen LogP contribution in [-0.4, -0.2) is 16.1 Å². The highest BCUT2D eigenvalue weighted by Crippen LogP contribution is 2.36. The van der Waals surface area contributed by atoms with Gasteiger partial charge in [0.2, 0.25) is 0 Å². The summed E-state index contributed by atoms with van der Waals surface area (Å²) in [4.78, 5) is 14.5. The number of halogens is 2. The Morgan fingerprint density at radius 2 is 1.41 bits per heavy atom. The first-order chi connectivity index (χ1) is 13.0. The molecule has 3 aromatic carbocycles. The van der Waals surface area contributed by atoms with Gasteiger partial charge in [0.15, 0.2) is 0 Å². The molecule has 0 unspecified atom stereocenters. The van der Waals surface area contributed by atoms with E-state index < -0.39 is 5.97 Å². The van der Waals surface area contributed by atoms with E-state index in [0.29, 0.717) is 0 Å². The number of H-pyrrole nitrogens is 1. The molecular weight excluding hydrogens is 348 g/mol. The van der Waals surface area contributed by atoms with Crippen molar-refractivity contribution >= 4 is 16.9 Å². The fourth-order valence-electron chi connectivity index (χ4n) is 3.38. The van der Waals surface area contributed by atoms with Crippen molar-refractivity contribution in [2.45, 2.75) is 5.92 Å². The summed E-state index contributed by atoms with van der Waals surface area (Å²) >= 11 is 0. The van der Waals surface area contributed by atoms with Gasteiger partial charge in [-0.25, -0.2) is 13.6 Å². The maximum atomic E-state index is 13.4. The molecule has 0 radical (unpaired) electrons. The van der Waals surface area contributed by atoms with Crippen LogP contribution in [0.5, 0.6) is 0 Å². The molecule has 3 nitrogen and oxygen atoms in total. The number of aromatic carboxylic acids is 1. The van der Waals surface area contributed by atoms with Crippen molar-refractivity contribution in [1.82, 2.24) is 4.98 Å². The van der Waals surface area contributed by atoms with Gasteiger partial charge in [-0.15, -0.1) is 0 Å². The van der Waals surface area contributed by atoms with Crippen molar-refractivity contribution in [2.24, 2.45) is 0 Å². The number of aromatic amines is 1. The fourth-order valence-corrected chi connectivity index (χ4v) is 3.38. The molecule has 0 spiro atoms. The third kappa shape index (κ3) is 3.19. The van der Waals surface area contributed by atoms with Crippen LogP contribution in [-0.2, 0) is 0 Å². The van der Waals surface area contributed by atoms with Crippen LogP contribution in [0, 0.1) is 11.6 Å². The highest BCUT2D eigenvalue weighted by atomic mass is 19.1. The van der Waals surface area contributed by atoms with Crippen molar-refractivity contribution < 1.29 is 18.7 Å². The molecule has 0 bridgehead atoms. The average molecular weight is 363 g/mol. The summed E-state index contributed by atoms with van der Waals surface area (Å²) in [5.74, 6) is -2.00. The zero-order valence-electron chi connectivity index (χ0n) is 14.1. The van der Waals surface area contributed by atoms with Gasteiger partial charge in [0.05, 0.1) is 5.56 Å². The molecule has 2 N–H and O–H groups in total. The summed E-state index contributed by atoms with van der Waals surface area (Å²) in [6.45, 7) is 0. The number of carboxylic acids is 1. The molecule has 0 saturated carbocycles. The zero-order chi connectivity index (χ0) is 19.0. The minimum atomic E-state index is -1.01. The Hall–Kier alpha value is -3.47. The first-order valence-electron chi connectivity index (χ1n) is 8.38. The molecule has 0 fully saturated rings. The third-order valence-corrected chi connectivity index (χ3v) is 4.68. The van der Waals surface area contributed by atoms with Crippen molar-refractivity contribution in [2.75, 3.05) is 0 Å². The maximum absolute atomic E-state index is 13.4. The number of rotatable bonds is 4. The first-order valence-corrected chi connectivity index (χ1v) is 8.38. The lowest BCUT2D eigenvalue weighted by Crippen LogP contribution is -2.04. The van der Waals surface area contributed by atoms with Gasteiger partial charge in [-0.2, -0.15) is 0 Å².